The van der Waals surface area contributed by atoms with E-state index in [2.05, 4.69) is 4.98 Å². The lowest BCUT2D eigenvalue weighted by molar-refractivity contribution is -0.139. The maximum atomic E-state index is 13.7. The molecule has 144 valence electrons. The molecule has 0 radical (unpaired) electrons. The monoisotopic (exact) mass is 437 g/mol. The Morgan fingerprint density at radius 3 is 2.68 bits per heavy atom. The zero-order valence-electron chi connectivity index (χ0n) is 14.4. The van der Waals surface area contributed by atoms with E-state index in [1.165, 1.54) is 29.5 Å². The first-order chi connectivity index (χ1) is 13.5. The first-order valence-corrected chi connectivity index (χ1v) is 9.75. The van der Waals surface area contributed by atoms with Crippen molar-refractivity contribution in [2.24, 2.45) is 0 Å². The summed E-state index contributed by atoms with van der Waals surface area (Å²) in [4.78, 5) is 16.2. The van der Waals surface area contributed by atoms with Crippen molar-refractivity contribution in [3.8, 4) is 5.75 Å². The largest absolute Gasteiger partial charge is 0.486 e. The van der Waals surface area contributed by atoms with Crippen LogP contribution in [0.2, 0.25) is 10.0 Å². The maximum absolute atomic E-state index is 13.7. The first-order valence-electron chi connectivity index (χ1n) is 8.12. The van der Waals surface area contributed by atoms with Gasteiger partial charge >= 0.3 is 5.97 Å². The standard InChI is InChI=1S/C20H14Cl2FNO3S/c21-13-4-6-15(7-5-13)26-11-19-24-14(12-28-19)10-27-20(25)9-8-16-17(22)2-1-3-18(16)23/h1-9,12H,10-11H2. The molecule has 0 saturated heterocycles. The lowest BCUT2D eigenvalue weighted by Gasteiger charge is -2.03. The minimum Gasteiger partial charge on any atom is -0.486 e. The van der Waals surface area contributed by atoms with E-state index in [1.54, 1.807) is 35.7 Å². The van der Waals surface area contributed by atoms with E-state index in [9.17, 15) is 9.18 Å². The third-order valence-corrected chi connectivity index (χ3v) is 4.98. The number of nitrogens with zero attached hydrogens (tertiary/aromatic N) is 1. The summed E-state index contributed by atoms with van der Waals surface area (Å²) >= 11 is 13.1. The van der Waals surface area contributed by atoms with Gasteiger partial charge in [0.05, 0.1) is 10.7 Å². The molecule has 8 heteroatoms. The fourth-order valence-corrected chi connectivity index (χ4v) is 3.21. The van der Waals surface area contributed by atoms with Gasteiger partial charge in [-0.1, -0.05) is 29.3 Å². The molecule has 0 N–H and O–H groups in total. The lowest BCUT2D eigenvalue weighted by Crippen LogP contribution is -2.02. The van der Waals surface area contributed by atoms with Crippen LogP contribution in [-0.2, 0) is 22.7 Å². The SMILES string of the molecule is O=C(C=Cc1c(F)cccc1Cl)OCc1csc(COc2ccc(Cl)cc2)n1. The number of carbonyl (C=O) groups is 1. The molecule has 1 heterocycles. The second-order valence-electron chi connectivity index (χ2n) is 5.55. The summed E-state index contributed by atoms with van der Waals surface area (Å²) in [5.41, 5.74) is 0.738. The van der Waals surface area contributed by atoms with Crippen LogP contribution in [0.15, 0.2) is 53.9 Å². The molecule has 0 bridgehead atoms. The van der Waals surface area contributed by atoms with Crippen molar-refractivity contribution in [1.82, 2.24) is 4.98 Å². The van der Waals surface area contributed by atoms with Crippen LogP contribution in [0, 0.1) is 5.82 Å². The Hall–Kier alpha value is -2.41. The number of carbonyl (C=O) groups excluding carboxylic acids is 1. The average Bonchev–Trinajstić information content (AvgIpc) is 3.13. The maximum Gasteiger partial charge on any atom is 0.331 e. The van der Waals surface area contributed by atoms with Crippen LogP contribution in [0.25, 0.3) is 6.08 Å². The summed E-state index contributed by atoms with van der Waals surface area (Å²) < 4.78 is 24.4. The first kappa shape index (κ1) is 20.3. The Morgan fingerprint density at radius 2 is 1.93 bits per heavy atom. The van der Waals surface area contributed by atoms with Crippen molar-refractivity contribution in [1.29, 1.82) is 0 Å². The van der Waals surface area contributed by atoms with Crippen LogP contribution in [-0.4, -0.2) is 11.0 Å². The zero-order chi connectivity index (χ0) is 19.9. The van der Waals surface area contributed by atoms with Gasteiger partial charge < -0.3 is 9.47 Å². The number of hydrogen-bond donors (Lipinski definition) is 0. The summed E-state index contributed by atoms with van der Waals surface area (Å²) in [6, 6.07) is 11.3. The molecule has 28 heavy (non-hydrogen) atoms. The minimum absolute atomic E-state index is 0.00558. The van der Waals surface area contributed by atoms with E-state index >= 15 is 0 Å². The van der Waals surface area contributed by atoms with Crippen LogP contribution in [0.4, 0.5) is 4.39 Å². The minimum atomic E-state index is -0.619. The van der Waals surface area contributed by atoms with E-state index in [0.717, 1.165) is 11.1 Å². The predicted molar refractivity (Wildman–Crippen MR) is 108 cm³/mol. The van der Waals surface area contributed by atoms with Crippen LogP contribution < -0.4 is 4.74 Å². The van der Waals surface area contributed by atoms with Gasteiger partial charge in [-0.3, -0.25) is 0 Å². The Kier molecular flexibility index (Phi) is 7.03. The van der Waals surface area contributed by atoms with Crippen molar-refractivity contribution in [2.75, 3.05) is 0 Å². The second kappa shape index (κ2) is 9.68. The molecule has 0 aliphatic heterocycles. The van der Waals surface area contributed by atoms with Gasteiger partial charge in [-0.25, -0.2) is 14.2 Å². The molecule has 0 unspecified atom stereocenters. The molecule has 0 aliphatic carbocycles. The zero-order valence-corrected chi connectivity index (χ0v) is 16.7. The van der Waals surface area contributed by atoms with Gasteiger partial charge in [0.25, 0.3) is 0 Å². The Morgan fingerprint density at radius 1 is 1.14 bits per heavy atom. The van der Waals surface area contributed by atoms with Gasteiger partial charge in [0.1, 0.15) is 29.8 Å². The van der Waals surface area contributed by atoms with Crippen LogP contribution in [0.5, 0.6) is 5.75 Å². The molecule has 3 rings (SSSR count). The lowest BCUT2D eigenvalue weighted by atomic mass is 10.2. The van der Waals surface area contributed by atoms with Crippen molar-refractivity contribution in [3.05, 3.63) is 86.0 Å². The fourth-order valence-electron chi connectivity index (χ4n) is 2.17. The van der Waals surface area contributed by atoms with Crippen LogP contribution in [0.1, 0.15) is 16.3 Å². The third kappa shape index (κ3) is 5.79. The smallest absolute Gasteiger partial charge is 0.331 e. The van der Waals surface area contributed by atoms with Crippen LogP contribution in [0.3, 0.4) is 0 Å². The highest BCUT2D eigenvalue weighted by Gasteiger charge is 2.07. The molecule has 4 nitrogen and oxygen atoms in total. The summed E-state index contributed by atoms with van der Waals surface area (Å²) in [5, 5.41) is 3.38. The van der Waals surface area contributed by atoms with E-state index < -0.39 is 11.8 Å². The molecule has 0 aliphatic rings. The van der Waals surface area contributed by atoms with Crippen molar-refractivity contribution < 1.29 is 18.7 Å². The molecule has 0 fully saturated rings. The molecule has 2 aromatic carbocycles. The third-order valence-electron chi connectivity index (χ3n) is 3.52. The normalized spacial score (nSPS) is 11.0. The van der Waals surface area contributed by atoms with E-state index in [1.807, 2.05) is 0 Å². The van der Waals surface area contributed by atoms with Crippen molar-refractivity contribution in [2.45, 2.75) is 13.2 Å². The van der Waals surface area contributed by atoms with Crippen molar-refractivity contribution >= 4 is 46.6 Å². The number of hydrogen-bond acceptors (Lipinski definition) is 5. The van der Waals surface area contributed by atoms with Gasteiger partial charge in [0, 0.05) is 22.0 Å². The highest BCUT2D eigenvalue weighted by molar-refractivity contribution is 7.09. The number of ether oxygens (including phenoxy) is 2. The van der Waals surface area contributed by atoms with E-state index in [0.29, 0.717) is 23.1 Å². The van der Waals surface area contributed by atoms with Gasteiger partial charge in [0.15, 0.2) is 0 Å². The number of thiazole rings is 1. The Balaban J connectivity index is 1.49. The molecule has 1 aromatic heterocycles. The molecule has 0 atom stereocenters. The number of aromatic nitrogens is 1. The average molecular weight is 438 g/mol. The highest BCUT2D eigenvalue weighted by Crippen LogP contribution is 2.21. The molecular formula is C20H14Cl2FNO3S. The topological polar surface area (TPSA) is 48.4 Å². The molecule has 3 aromatic rings. The summed E-state index contributed by atoms with van der Waals surface area (Å²) in [6.07, 6.45) is 2.41. The number of esters is 1. The summed E-state index contributed by atoms with van der Waals surface area (Å²) in [7, 11) is 0. The van der Waals surface area contributed by atoms with E-state index in [-0.39, 0.29) is 17.2 Å². The molecule has 0 amide bonds. The van der Waals surface area contributed by atoms with Gasteiger partial charge in [0.2, 0.25) is 0 Å². The van der Waals surface area contributed by atoms with E-state index in [4.69, 9.17) is 32.7 Å². The summed E-state index contributed by atoms with van der Waals surface area (Å²) in [6.45, 7) is 0.303. The van der Waals surface area contributed by atoms with Gasteiger partial charge in [-0.15, -0.1) is 11.3 Å². The predicted octanol–water partition coefficient (Wildman–Crippen LogP) is 5.92. The number of halogens is 3. The molecule has 0 spiro atoms. The Labute approximate surface area is 175 Å². The number of rotatable bonds is 7. The Bertz CT molecular complexity index is 969. The fraction of sp³-hybridized carbons (Fsp3) is 0.100. The van der Waals surface area contributed by atoms with Crippen molar-refractivity contribution in [3.63, 3.8) is 0 Å². The molecule has 0 saturated carbocycles. The quantitative estimate of drug-likeness (QED) is 0.339. The molecular weight excluding hydrogens is 424 g/mol. The summed E-state index contributed by atoms with van der Waals surface area (Å²) in [5.74, 6) is -0.447. The van der Waals surface area contributed by atoms with Gasteiger partial charge in [-0.2, -0.15) is 0 Å². The highest BCUT2D eigenvalue weighted by atomic mass is 35.5. The van der Waals surface area contributed by atoms with Gasteiger partial charge in [-0.05, 0) is 42.5 Å². The van der Waals surface area contributed by atoms with Crippen LogP contribution >= 0.6 is 34.5 Å². The second-order valence-corrected chi connectivity index (χ2v) is 7.34. The number of benzene rings is 2.